The van der Waals surface area contributed by atoms with Crippen LogP contribution in [0.4, 0.5) is 4.79 Å². The Morgan fingerprint density at radius 1 is 1.31 bits per heavy atom. The van der Waals surface area contributed by atoms with E-state index in [9.17, 15) is 9.59 Å². The summed E-state index contributed by atoms with van der Waals surface area (Å²) in [5.74, 6) is 1.31. The Balaban J connectivity index is 1.32. The lowest BCUT2D eigenvalue weighted by Crippen LogP contribution is -2.45. The van der Waals surface area contributed by atoms with Gasteiger partial charge >= 0.3 is 6.09 Å². The molecule has 0 aliphatic carbocycles. The molecule has 176 valence electrons. The molecular formula is C22H33N5O4S. The summed E-state index contributed by atoms with van der Waals surface area (Å²) in [7, 11) is 0. The number of hydrogen-bond donors (Lipinski definition) is 2. The monoisotopic (exact) mass is 463 g/mol. The molecule has 1 saturated heterocycles. The summed E-state index contributed by atoms with van der Waals surface area (Å²) in [5.41, 5.74) is -0.533. The summed E-state index contributed by atoms with van der Waals surface area (Å²) < 4.78 is 10.5. The third kappa shape index (κ3) is 7.90. The van der Waals surface area contributed by atoms with Gasteiger partial charge in [0.05, 0.1) is 10.8 Å². The van der Waals surface area contributed by atoms with Crippen molar-refractivity contribution in [3.63, 3.8) is 0 Å². The van der Waals surface area contributed by atoms with Crippen LogP contribution in [-0.4, -0.2) is 65.4 Å². The number of aryl methyl sites for hydroxylation is 1. The van der Waals surface area contributed by atoms with Crippen molar-refractivity contribution in [2.24, 2.45) is 5.92 Å². The standard InChI is InChI=1S/C22H33N5O4S/c1-22(2,3)30-21(29)24-11-10-23-20(28)16-7-4-12-27(15-16)13-5-9-18-25-19(26-31-18)17-8-6-14-32-17/h6,8,14,16H,4-5,7,9-13,15H2,1-3H3,(H,23,28)(H,24,29). The molecule has 0 radical (unpaired) electrons. The van der Waals surface area contributed by atoms with Crippen LogP contribution in [0.3, 0.4) is 0 Å². The molecule has 2 amide bonds. The second-order valence-electron chi connectivity index (χ2n) is 8.95. The zero-order valence-electron chi connectivity index (χ0n) is 19.1. The second kappa shape index (κ2) is 11.4. The summed E-state index contributed by atoms with van der Waals surface area (Å²) in [6, 6.07) is 3.95. The van der Waals surface area contributed by atoms with Crippen LogP contribution in [-0.2, 0) is 16.0 Å². The highest BCUT2D eigenvalue weighted by Crippen LogP contribution is 2.22. The van der Waals surface area contributed by atoms with Gasteiger partial charge in [0.15, 0.2) is 0 Å². The number of likely N-dealkylation sites (tertiary alicyclic amines) is 1. The maximum absolute atomic E-state index is 12.5. The first kappa shape index (κ1) is 24.2. The number of nitrogens with one attached hydrogen (secondary N) is 2. The van der Waals surface area contributed by atoms with Gasteiger partial charge in [-0.05, 0) is 64.6 Å². The van der Waals surface area contributed by atoms with Gasteiger partial charge in [0.1, 0.15) is 5.60 Å². The van der Waals surface area contributed by atoms with E-state index in [-0.39, 0.29) is 11.8 Å². The fraction of sp³-hybridized carbons (Fsp3) is 0.636. The minimum atomic E-state index is -0.533. The summed E-state index contributed by atoms with van der Waals surface area (Å²) in [6.07, 6.45) is 3.04. The number of piperidine rings is 1. The molecule has 2 aromatic rings. The van der Waals surface area contributed by atoms with Crippen molar-refractivity contribution < 1.29 is 18.8 Å². The molecule has 1 fully saturated rings. The molecule has 10 heteroatoms. The number of carbonyl (C=O) groups is 2. The molecule has 3 heterocycles. The first-order valence-corrected chi connectivity index (χ1v) is 12.0. The topological polar surface area (TPSA) is 110 Å². The maximum Gasteiger partial charge on any atom is 0.407 e. The quantitative estimate of drug-likeness (QED) is 0.550. The van der Waals surface area contributed by atoms with Crippen LogP contribution in [0.2, 0.25) is 0 Å². The summed E-state index contributed by atoms with van der Waals surface area (Å²) in [5, 5.41) is 11.6. The van der Waals surface area contributed by atoms with E-state index in [4.69, 9.17) is 9.26 Å². The highest BCUT2D eigenvalue weighted by Gasteiger charge is 2.25. The van der Waals surface area contributed by atoms with Gasteiger partial charge in [0, 0.05) is 26.1 Å². The lowest BCUT2D eigenvalue weighted by molar-refractivity contribution is -0.126. The van der Waals surface area contributed by atoms with Crippen LogP contribution < -0.4 is 10.6 Å². The van der Waals surface area contributed by atoms with Crippen LogP contribution in [0.25, 0.3) is 10.7 Å². The number of amides is 2. The van der Waals surface area contributed by atoms with E-state index < -0.39 is 11.7 Å². The van der Waals surface area contributed by atoms with E-state index in [1.54, 1.807) is 11.3 Å². The van der Waals surface area contributed by atoms with Crippen molar-refractivity contribution in [2.75, 3.05) is 32.7 Å². The number of carbonyl (C=O) groups excluding carboxylic acids is 2. The maximum atomic E-state index is 12.5. The molecule has 2 aromatic heterocycles. The highest BCUT2D eigenvalue weighted by atomic mass is 32.1. The zero-order chi connectivity index (χ0) is 23.0. The molecule has 1 unspecified atom stereocenters. The predicted molar refractivity (Wildman–Crippen MR) is 122 cm³/mol. The Labute approximate surface area is 192 Å². The smallest absolute Gasteiger partial charge is 0.407 e. The molecule has 1 atom stereocenters. The lowest BCUT2D eigenvalue weighted by atomic mass is 9.97. The average molecular weight is 464 g/mol. The first-order chi connectivity index (χ1) is 15.3. The zero-order valence-corrected chi connectivity index (χ0v) is 19.9. The van der Waals surface area contributed by atoms with Gasteiger partial charge in [-0.15, -0.1) is 11.3 Å². The molecule has 0 spiro atoms. The van der Waals surface area contributed by atoms with Crippen LogP contribution in [0.1, 0.15) is 45.9 Å². The minimum Gasteiger partial charge on any atom is -0.444 e. The van der Waals surface area contributed by atoms with E-state index in [0.29, 0.717) is 24.8 Å². The first-order valence-electron chi connectivity index (χ1n) is 11.1. The van der Waals surface area contributed by atoms with Crippen LogP contribution in [0, 0.1) is 5.92 Å². The number of rotatable bonds is 9. The fourth-order valence-electron chi connectivity index (χ4n) is 3.60. The Bertz CT molecular complexity index is 862. The van der Waals surface area contributed by atoms with Crippen molar-refractivity contribution in [1.82, 2.24) is 25.7 Å². The van der Waals surface area contributed by atoms with Gasteiger partial charge in [-0.2, -0.15) is 4.98 Å². The fourth-order valence-corrected chi connectivity index (χ4v) is 4.25. The normalized spacial score (nSPS) is 17.2. The van der Waals surface area contributed by atoms with Gasteiger partial charge in [0.2, 0.25) is 17.6 Å². The number of thiophene rings is 1. The number of ether oxygens (including phenoxy) is 1. The van der Waals surface area contributed by atoms with E-state index in [1.165, 1.54) is 0 Å². The molecule has 0 aromatic carbocycles. The number of nitrogens with zero attached hydrogens (tertiary/aromatic N) is 3. The Hall–Kier alpha value is -2.46. The average Bonchev–Trinajstić information content (AvgIpc) is 3.42. The summed E-state index contributed by atoms with van der Waals surface area (Å²) in [4.78, 5) is 32.0. The van der Waals surface area contributed by atoms with E-state index in [0.717, 1.165) is 50.2 Å². The summed E-state index contributed by atoms with van der Waals surface area (Å²) in [6.45, 7) is 8.80. The van der Waals surface area contributed by atoms with Crippen molar-refractivity contribution in [1.29, 1.82) is 0 Å². The van der Waals surface area contributed by atoms with E-state index in [1.807, 2.05) is 38.3 Å². The van der Waals surface area contributed by atoms with Crippen LogP contribution >= 0.6 is 11.3 Å². The molecule has 1 aliphatic rings. The molecule has 0 bridgehead atoms. The van der Waals surface area contributed by atoms with Gasteiger partial charge in [0.25, 0.3) is 0 Å². The van der Waals surface area contributed by atoms with E-state index in [2.05, 4.69) is 25.7 Å². The van der Waals surface area contributed by atoms with Crippen molar-refractivity contribution in [3.8, 4) is 10.7 Å². The molecule has 9 nitrogen and oxygen atoms in total. The number of aromatic nitrogens is 2. The summed E-state index contributed by atoms with van der Waals surface area (Å²) >= 11 is 1.59. The van der Waals surface area contributed by atoms with Crippen molar-refractivity contribution in [3.05, 3.63) is 23.4 Å². The van der Waals surface area contributed by atoms with Crippen LogP contribution in [0.5, 0.6) is 0 Å². The molecule has 32 heavy (non-hydrogen) atoms. The third-order valence-corrected chi connectivity index (χ3v) is 5.91. The lowest BCUT2D eigenvalue weighted by Gasteiger charge is -2.31. The largest absolute Gasteiger partial charge is 0.444 e. The predicted octanol–water partition coefficient (Wildman–Crippen LogP) is 3.08. The Morgan fingerprint density at radius 2 is 2.12 bits per heavy atom. The van der Waals surface area contributed by atoms with Gasteiger partial charge in [-0.1, -0.05) is 11.2 Å². The van der Waals surface area contributed by atoms with Gasteiger partial charge < -0.3 is 24.8 Å². The molecular weight excluding hydrogens is 430 g/mol. The molecule has 2 N–H and O–H groups in total. The number of hydrogen-bond acceptors (Lipinski definition) is 8. The SMILES string of the molecule is CC(C)(C)OC(=O)NCCNC(=O)C1CCCN(CCCc2nc(-c3cccs3)no2)C1. The molecule has 0 saturated carbocycles. The Kier molecular flexibility index (Phi) is 8.63. The highest BCUT2D eigenvalue weighted by molar-refractivity contribution is 7.13. The van der Waals surface area contributed by atoms with Gasteiger partial charge in [-0.25, -0.2) is 4.79 Å². The van der Waals surface area contributed by atoms with Crippen LogP contribution in [0.15, 0.2) is 22.0 Å². The third-order valence-electron chi connectivity index (χ3n) is 5.04. The molecule has 1 aliphatic heterocycles. The van der Waals surface area contributed by atoms with Crippen molar-refractivity contribution >= 4 is 23.3 Å². The van der Waals surface area contributed by atoms with Gasteiger partial charge in [-0.3, -0.25) is 4.79 Å². The second-order valence-corrected chi connectivity index (χ2v) is 9.90. The number of alkyl carbamates (subject to hydrolysis) is 1. The van der Waals surface area contributed by atoms with E-state index >= 15 is 0 Å². The minimum absolute atomic E-state index is 0.0286. The molecule has 3 rings (SSSR count). The Morgan fingerprint density at radius 3 is 2.88 bits per heavy atom. The van der Waals surface area contributed by atoms with Crippen molar-refractivity contribution in [2.45, 2.75) is 52.1 Å².